The van der Waals surface area contributed by atoms with E-state index in [-0.39, 0.29) is 0 Å². The molecular formula is C16H30N2. The first-order valence-electron chi connectivity index (χ1n) is 7.89. The third kappa shape index (κ3) is 3.58. The highest BCUT2D eigenvalue weighted by Crippen LogP contribution is 2.39. The summed E-state index contributed by atoms with van der Waals surface area (Å²) in [5, 5.41) is 3.39. The van der Waals surface area contributed by atoms with Gasteiger partial charge in [-0.2, -0.15) is 0 Å². The standard InChI is InChI=1S/C16H30N2/c1-3-8-16(9-4-2)13-18(14-16)12-7-15-5-10-17-11-6-15/h5,17H,3-4,6-14H2,1-2H3. The predicted molar refractivity (Wildman–Crippen MR) is 78.9 cm³/mol. The fourth-order valence-electron chi connectivity index (χ4n) is 3.76. The van der Waals surface area contributed by atoms with E-state index >= 15 is 0 Å². The molecule has 1 saturated heterocycles. The molecule has 2 nitrogen and oxygen atoms in total. The van der Waals surface area contributed by atoms with Gasteiger partial charge in [0.1, 0.15) is 0 Å². The molecule has 0 amide bonds. The van der Waals surface area contributed by atoms with Gasteiger partial charge in [0, 0.05) is 26.2 Å². The summed E-state index contributed by atoms with van der Waals surface area (Å²) in [6.07, 6.45) is 10.5. The Morgan fingerprint density at radius 2 is 1.94 bits per heavy atom. The Balaban J connectivity index is 1.69. The lowest BCUT2D eigenvalue weighted by Gasteiger charge is -2.51. The Hall–Kier alpha value is -0.340. The predicted octanol–water partition coefficient (Wildman–Crippen LogP) is 3.20. The van der Waals surface area contributed by atoms with Crippen LogP contribution < -0.4 is 5.32 Å². The third-order valence-corrected chi connectivity index (χ3v) is 4.59. The van der Waals surface area contributed by atoms with Crippen LogP contribution in [0.4, 0.5) is 0 Å². The number of likely N-dealkylation sites (tertiary alicyclic amines) is 1. The highest BCUT2D eigenvalue weighted by atomic mass is 15.2. The van der Waals surface area contributed by atoms with Crippen molar-refractivity contribution in [3.63, 3.8) is 0 Å². The Morgan fingerprint density at radius 3 is 2.50 bits per heavy atom. The molecule has 0 aromatic heterocycles. The van der Waals surface area contributed by atoms with E-state index in [0.29, 0.717) is 5.41 Å². The van der Waals surface area contributed by atoms with Gasteiger partial charge in [-0.25, -0.2) is 0 Å². The lowest BCUT2D eigenvalue weighted by atomic mass is 9.72. The number of nitrogens with one attached hydrogen (secondary N) is 1. The quantitative estimate of drug-likeness (QED) is 0.698. The fraction of sp³-hybridized carbons (Fsp3) is 0.875. The monoisotopic (exact) mass is 250 g/mol. The average Bonchev–Trinajstić information content (AvgIpc) is 2.35. The Labute approximate surface area is 113 Å². The van der Waals surface area contributed by atoms with Crippen molar-refractivity contribution in [3.05, 3.63) is 11.6 Å². The second-order valence-electron chi connectivity index (χ2n) is 6.28. The molecule has 2 aliphatic heterocycles. The lowest BCUT2D eigenvalue weighted by molar-refractivity contribution is -0.0135. The Kier molecular flexibility index (Phi) is 5.25. The van der Waals surface area contributed by atoms with Gasteiger partial charge in [0.2, 0.25) is 0 Å². The molecule has 0 aromatic rings. The van der Waals surface area contributed by atoms with Crippen molar-refractivity contribution in [1.82, 2.24) is 10.2 Å². The summed E-state index contributed by atoms with van der Waals surface area (Å²) in [6.45, 7) is 11.0. The van der Waals surface area contributed by atoms with Crippen molar-refractivity contribution >= 4 is 0 Å². The van der Waals surface area contributed by atoms with E-state index in [2.05, 4.69) is 30.1 Å². The van der Waals surface area contributed by atoms with Crippen LogP contribution in [0.3, 0.4) is 0 Å². The zero-order valence-electron chi connectivity index (χ0n) is 12.3. The van der Waals surface area contributed by atoms with Crippen LogP contribution in [0.2, 0.25) is 0 Å². The first kappa shape index (κ1) is 14.1. The van der Waals surface area contributed by atoms with Gasteiger partial charge in [0.25, 0.3) is 0 Å². The molecule has 1 fully saturated rings. The van der Waals surface area contributed by atoms with E-state index < -0.39 is 0 Å². The first-order valence-corrected chi connectivity index (χ1v) is 7.89. The van der Waals surface area contributed by atoms with Crippen molar-refractivity contribution < 1.29 is 0 Å². The lowest BCUT2D eigenvalue weighted by Crippen LogP contribution is -2.56. The summed E-state index contributed by atoms with van der Waals surface area (Å²) in [5.41, 5.74) is 2.36. The van der Waals surface area contributed by atoms with Crippen LogP contribution in [-0.4, -0.2) is 37.6 Å². The Morgan fingerprint density at radius 1 is 1.22 bits per heavy atom. The topological polar surface area (TPSA) is 15.3 Å². The molecule has 0 aliphatic carbocycles. The van der Waals surface area contributed by atoms with Gasteiger partial charge in [0.15, 0.2) is 0 Å². The molecule has 0 radical (unpaired) electrons. The Bertz CT molecular complexity index is 269. The van der Waals surface area contributed by atoms with Crippen molar-refractivity contribution in [2.45, 2.75) is 52.4 Å². The molecule has 2 heterocycles. The molecule has 18 heavy (non-hydrogen) atoms. The van der Waals surface area contributed by atoms with E-state index in [9.17, 15) is 0 Å². The molecule has 2 heteroatoms. The van der Waals surface area contributed by atoms with E-state index in [1.165, 1.54) is 64.7 Å². The summed E-state index contributed by atoms with van der Waals surface area (Å²) in [7, 11) is 0. The summed E-state index contributed by atoms with van der Waals surface area (Å²) < 4.78 is 0. The minimum absolute atomic E-state index is 0.687. The van der Waals surface area contributed by atoms with Crippen LogP contribution in [0.25, 0.3) is 0 Å². The van der Waals surface area contributed by atoms with Crippen molar-refractivity contribution in [2.24, 2.45) is 5.41 Å². The van der Waals surface area contributed by atoms with E-state index in [0.717, 1.165) is 6.54 Å². The molecule has 2 aliphatic rings. The van der Waals surface area contributed by atoms with Gasteiger partial charge in [-0.05, 0) is 37.6 Å². The second kappa shape index (κ2) is 6.72. The smallest absolute Gasteiger partial charge is 0.0137 e. The molecule has 1 N–H and O–H groups in total. The minimum Gasteiger partial charge on any atom is -0.313 e. The summed E-state index contributed by atoms with van der Waals surface area (Å²) in [5.74, 6) is 0. The maximum Gasteiger partial charge on any atom is 0.0137 e. The van der Waals surface area contributed by atoms with Gasteiger partial charge < -0.3 is 10.2 Å². The summed E-state index contributed by atoms with van der Waals surface area (Å²) in [4.78, 5) is 2.67. The normalized spacial score (nSPS) is 23.6. The van der Waals surface area contributed by atoms with E-state index in [4.69, 9.17) is 0 Å². The zero-order valence-corrected chi connectivity index (χ0v) is 12.3. The van der Waals surface area contributed by atoms with Crippen LogP contribution in [0, 0.1) is 5.41 Å². The third-order valence-electron chi connectivity index (χ3n) is 4.59. The summed E-state index contributed by atoms with van der Waals surface area (Å²) in [6, 6.07) is 0. The first-order chi connectivity index (χ1) is 8.78. The molecule has 2 rings (SSSR count). The van der Waals surface area contributed by atoms with Crippen LogP contribution >= 0.6 is 0 Å². The van der Waals surface area contributed by atoms with Gasteiger partial charge >= 0.3 is 0 Å². The zero-order chi connectivity index (χ0) is 12.8. The largest absolute Gasteiger partial charge is 0.313 e. The highest BCUT2D eigenvalue weighted by molar-refractivity contribution is 5.07. The molecule has 0 unspecified atom stereocenters. The molecule has 0 spiro atoms. The maximum atomic E-state index is 3.39. The maximum absolute atomic E-state index is 3.39. The minimum atomic E-state index is 0.687. The molecule has 0 atom stereocenters. The SMILES string of the molecule is CCCC1(CCC)CN(CCC2=CCNCC2)C1. The molecular weight excluding hydrogens is 220 g/mol. The van der Waals surface area contributed by atoms with Gasteiger partial charge in [-0.15, -0.1) is 0 Å². The van der Waals surface area contributed by atoms with Crippen LogP contribution in [0.5, 0.6) is 0 Å². The molecule has 0 saturated carbocycles. The molecule has 0 aromatic carbocycles. The number of hydrogen-bond donors (Lipinski definition) is 1. The van der Waals surface area contributed by atoms with E-state index in [1.54, 1.807) is 5.57 Å². The number of hydrogen-bond acceptors (Lipinski definition) is 2. The average molecular weight is 250 g/mol. The fourth-order valence-corrected chi connectivity index (χ4v) is 3.76. The van der Waals surface area contributed by atoms with Crippen molar-refractivity contribution in [3.8, 4) is 0 Å². The van der Waals surface area contributed by atoms with Crippen LogP contribution in [0.1, 0.15) is 52.4 Å². The highest BCUT2D eigenvalue weighted by Gasteiger charge is 2.40. The van der Waals surface area contributed by atoms with Gasteiger partial charge in [0.05, 0.1) is 0 Å². The molecule has 0 bridgehead atoms. The summed E-state index contributed by atoms with van der Waals surface area (Å²) >= 11 is 0. The van der Waals surface area contributed by atoms with Crippen molar-refractivity contribution in [2.75, 3.05) is 32.7 Å². The van der Waals surface area contributed by atoms with E-state index in [1.807, 2.05) is 0 Å². The van der Waals surface area contributed by atoms with Crippen LogP contribution in [0.15, 0.2) is 11.6 Å². The number of rotatable bonds is 7. The van der Waals surface area contributed by atoms with Crippen LogP contribution in [-0.2, 0) is 0 Å². The second-order valence-corrected chi connectivity index (χ2v) is 6.28. The van der Waals surface area contributed by atoms with Crippen molar-refractivity contribution in [1.29, 1.82) is 0 Å². The van der Waals surface area contributed by atoms with Gasteiger partial charge in [-0.3, -0.25) is 0 Å². The number of nitrogens with zero attached hydrogens (tertiary/aromatic N) is 1. The molecule has 104 valence electrons. The van der Waals surface area contributed by atoms with Gasteiger partial charge in [-0.1, -0.05) is 38.3 Å².